The number of nitriles is 1. The van der Waals surface area contributed by atoms with E-state index < -0.39 is 12.2 Å². The third-order valence-electron chi connectivity index (χ3n) is 3.55. The van der Waals surface area contributed by atoms with Crippen molar-refractivity contribution in [3.05, 3.63) is 50.1 Å². The molecule has 0 spiro atoms. The number of hydrogen-bond donors (Lipinski definition) is 1. The van der Waals surface area contributed by atoms with Gasteiger partial charge in [-0.1, -0.05) is 23.2 Å². The normalized spacial score (nSPS) is 16.4. The molecule has 2 heterocycles. The zero-order valence-corrected chi connectivity index (χ0v) is 15.0. The highest BCUT2D eigenvalue weighted by Gasteiger charge is 2.32. The van der Waals surface area contributed by atoms with E-state index in [2.05, 4.69) is 5.32 Å². The second-order valence-corrected chi connectivity index (χ2v) is 7.33. The van der Waals surface area contributed by atoms with Crippen LogP contribution in [-0.4, -0.2) is 31.2 Å². The van der Waals surface area contributed by atoms with E-state index in [4.69, 9.17) is 33.2 Å². The molecule has 2 aromatic rings. The van der Waals surface area contributed by atoms with Gasteiger partial charge in [-0.15, -0.1) is 11.3 Å². The first kappa shape index (κ1) is 17.5. The summed E-state index contributed by atoms with van der Waals surface area (Å²) in [6, 6.07) is 9.94. The zero-order chi connectivity index (χ0) is 18.0. The van der Waals surface area contributed by atoms with Crippen LogP contribution in [0.5, 0.6) is 0 Å². The molecule has 2 amide bonds. The van der Waals surface area contributed by atoms with E-state index in [0.717, 1.165) is 0 Å². The summed E-state index contributed by atoms with van der Waals surface area (Å²) in [5.41, 5.74) is 0.865. The molecular weight excluding hydrogens is 385 g/mol. The molecule has 3 rings (SSSR count). The Labute approximate surface area is 157 Å². The lowest BCUT2D eigenvalue weighted by atomic mass is 10.2. The van der Waals surface area contributed by atoms with Crippen LogP contribution in [0.25, 0.3) is 0 Å². The number of hydrogen-bond acceptors (Lipinski definition) is 5. The number of amides is 2. The Morgan fingerprint density at radius 3 is 2.84 bits per heavy atom. The van der Waals surface area contributed by atoms with Gasteiger partial charge in [-0.2, -0.15) is 5.26 Å². The van der Waals surface area contributed by atoms with Crippen LogP contribution in [0.2, 0.25) is 9.36 Å². The zero-order valence-electron chi connectivity index (χ0n) is 12.7. The number of ether oxygens (including phenoxy) is 1. The van der Waals surface area contributed by atoms with Gasteiger partial charge in [0.2, 0.25) is 0 Å². The van der Waals surface area contributed by atoms with Gasteiger partial charge in [-0.3, -0.25) is 9.69 Å². The summed E-state index contributed by atoms with van der Waals surface area (Å²) in [5, 5.41) is 11.9. The quantitative estimate of drug-likeness (QED) is 0.855. The molecule has 0 aliphatic carbocycles. The Morgan fingerprint density at radius 1 is 1.40 bits per heavy atom. The van der Waals surface area contributed by atoms with Gasteiger partial charge in [0.25, 0.3) is 5.91 Å². The van der Waals surface area contributed by atoms with E-state index >= 15 is 0 Å². The summed E-state index contributed by atoms with van der Waals surface area (Å²) < 4.78 is 5.79. The summed E-state index contributed by atoms with van der Waals surface area (Å²) in [7, 11) is 0. The van der Waals surface area contributed by atoms with Crippen LogP contribution < -0.4 is 10.2 Å². The number of nitrogens with one attached hydrogen (secondary N) is 1. The first-order chi connectivity index (χ1) is 12.0. The largest absolute Gasteiger partial charge is 0.442 e. The SMILES string of the molecule is N#Cc1ccc(N2C[C@H](CNC(=O)c3ccc(Cl)s3)OC2=O)cc1Cl. The van der Waals surface area contributed by atoms with Gasteiger partial charge in [0.1, 0.15) is 12.2 Å². The molecule has 1 aliphatic heterocycles. The topological polar surface area (TPSA) is 82.4 Å². The molecule has 1 N–H and O–H groups in total. The first-order valence-electron chi connectivity index (χ1n) is 7.19. The number of carbonyl (C=O) groups excluding carboxylic acids is 2. The van der Waals surface area contributed by atoms with Crippen molar-refractivity contribution in [2.45, 2.75) is 6.10 Å². The van der Waals surface area contributed by atoms with Crippen molar-refractivity contribution in [1.82, 2.24) is 5.32 Å². The summed E-state index contributed by atoms with van der Waals surface area (Å²) >= 11 is 13.0. The molecule has 6 nitrogen and oxygen atoms in total. The predicted octanol–water partition coefficient (Wildman–Crippen LogP) is 3.68. The minimum absolute atomic E-state index is 0.181. The maximum Gasteiger partial charge on any atom is 0.414 e. The van der Waals surface area contributed by atoms with Crippen molar-refractivity contribution < 1.29 is 14.3 Å². The van der Waals surface area contributed by atoms with Crippen molar-refractivity contribution in [3.8, 4) is 6.07 Å². The van der Waals surface area contributed by atoms with Gasteiger partial charge in [0.15, 0.2) is 0 Å². The van der Waals surface area contributed by atoms with Crippen LogP contribution in [-0.2, 0) is 4.74 Å². The van der Waals surface area contributed by atoms with Gasteiger partial charge in [-0.25, -0.2) is 4.79 Å². The van der Waals surface area contributed by atoms with E-state index in [1.807, 2.05) is 6.07 Å². The average Bonchev–Trinajstić information content (AvgIpc) is 3.18. The Balaban J connectivity index is 1.62. The summed E-state index contributed by atoms with van der Waals surface area (Å²) in [6.45, 7) is 0.452. The Kier molecular flexibility index (Phi) is 5.13. The van der Waals surface area contributed by atoms with Crippen LogP contribution in [0.4, 0.5) is 10.5 Å². The molecule has 1 fully saturated rings. The lowest BCUT2D eigenvalue weighted by molar-refractivity contribution is 0.0920. The van der Waals surface area contributed by atoms with Crippen LogP contribution >= 0.6 is 34.5 Å². The van der Waals surface area contributed by atoms with Crippen LogP contribution in [0.15, 0.2) is 30.3 Å². The molecule has 1 atom stereocenters. The Morgan fingerprint density at radius 2 is 2.20 bits per heavy atom. The third kappa shape index (κ3) is 3.87. The third-order valence-corrected chi connectivity index (χ3v) is 5.09. The fourth-order valence-electron chi connectivity index (χ4n) is 2.33. The molecule has 9 heteroatoms. The second-order valence-electron chi connectivity index (χ2n) is 5.21. The highest BCUT2D eigenvalue weighted by molar-refractivity contribution is 7.17. The molecule has 128 valence electrons. The molecule has 25 heavy (non-hydrogen) atoms. The van der Waals surface area contributed by atoms with Crippen LogP contribution in [0.3, 0.4) is 0 Å². The number of thiophene rings is 1. The van der Waals surface area contributed by atoms with Crippen LogP contribution in [0, 0.1) is 11.3 Å². The monoisotopic (exact) mass is 395 g/mol. The lowest BCUT2D eigenvalue weighted by Crippen LogP contribution is -2.34. The summed E-state index contributed by atoms with van der Waals surface area (Å²) in [4.78, 5) is 25.9. The van der Waals surface area contributed by atoms with E-state index in [-0.39, 0.29) is 24.0 Å². The number of halogens is 2. The number of benzene rings is 1. The van der Waals surface area contributed by atoms with Crippen LogP contribution in [0.1, 0.15) is 15.2 Å². The van der Waals surface area contributed by atoms with Crippen molar-refractivity contribution in [3.63, 3.8) is 0 Å². The van der Waals surface area contributed by atoms with Crippen molar-refractivity contribution >= 4 is 52.2 Å². The molecule has 1 aliphatic rings. The van der Waals surface area contributed by atoms with Gasteiger partial charge in [0, 0.05) is 5.69 Å². The molecular formula is C16H11Cl2N3O3S. The maximum atomic E-state index is 12.0. The van der Waals surface area contributed by atoms with Crippen molar-refractivity contribution in [2.75, 3.05) is 18.0 Å². The minimum atomic E-state index is -0.529. The Bertz CT molecular complexity index is 878. The maximum absolute atomic E-state index is 12.0. The highest BCUT2D eigenvalue weighted by Crippen LogP contribution is 2.27. The smallest absolute Gasteiger partial charge is 0.414 e. The average molecular weight is 396 g/mol. The molecule has 0 bridgehead atoms. The minimum Gasteiger partial charge on any atom is -0.442 e. The molecule has 1 saturated heterocycles. The van der Waals surface area contributed by atoms with E-state index in [1.165, 1.54) is 22.3 Å². The number of nitrogens with zero attached hydrogens (tertiary/aromatic N) is 2. The second kappa shape index (κ2) is 7.31. The Hall–Kier alpha value is -2.27. The molecule has 0 radical (unpaired) electrons. The number of carbonyl (C=O) groups is 2. The highest BCUT2D eigenvalue weighted by atomic mass is 35.5. The molecule has 1 aromatic heterocycles. The molecule has 1 aromatic carbocycles. The fourth-order valence-corrected chi connectivity index (χ4v) is 3.51. The van der Waals surface area contributed by atoms with E-state index in [0.29, 0.717) is 20.5 Å². The summed E-state index contributed by atoms with van der Waals surface area (Å²) in [5.74, 6) is -0.271. The van der Waals surface area contributed by atoms with Gasteiger partial charge in [-0.05, 0) is 30.3 Å². The fraction of sp³-hybridized carbons (Fsp3) is 0.188. The van der Waals surface area contributed by atoms with Crippen molar-refractivity contribution in [2.24, 2.45) is 0 Å². The van der Waals surface area contributed by atoms with Gasteiger partial charge >= 0.3 is 6.09 Å². The number of anilines is 1. The van der Waals surface area contributed by atoms with E-state index in [1.54, 1.807) is 24.3 Å². The number of rotatable bonds is 4. The summed E-state index contributed by atoms with van der Waals surface area (Å²) in [6.07, 6.45) is -1.01. The standard InChI is InChI=1S/C16H11Cl2N3O3S/c17-12-5-10(2-1-9(12)6-19)21-8-11(24-16(21)23)7-20-15(22)13-3-4-14(18)25-13/h1-5,11H,7-8H2,(H,20,22)/t11-/m0/s1. The first-order valence-corrected chi connectivity index (χ1v) is 8.76. The lowest BCUT2D eigenvalue weighted by Gasteiger charge is -2.13. The molecule has 0 unspecified atom stereocenters. The van der Waals surface area contributed by atoms with E-state index in [9.17, 15) is 9.59 Å². The van der Waals surface area contributed by atoms with Crippen molar-refractivity contribution in [1.29, 1.82) is 5.26 Å². The van der Waals surface area contributed by atoms with Gasteiger partial charge in [0.05, 0.1) is 32.9 Å². The molecule has 0 saturated carbocycles. The predicted molar refractivity (Wildman–Crippen MR) is 95.4 cm³/mol. The number of cyclic esters (lactones) is 1. The van der Waals surface area contributed by atoms with Gasteiger partial charge < -0.3 is 10.1 Å².